The molecule has 0 saturated carbocycles. The van der Waals surface area contributed by atoms with Crippen LogP contribution in [0.5, 0.6) is 0 Å². The third-order valence-corrected chi connectivity index (χ3v) is 2.39. The van der Waals surface area contributed by atoms with Crippen molar-refractivity contribution >= 4 is 75.6 Å². The van der Waals surface area contributed by atoms with Gasteiger partial charge in [0.1, 0.15) is 0 Å². The fourth-order valence-electron chi connectivity index (χ4n) is 0.729. The van der Waals surface area contributed by atoms with Crippen molar-refractivity contribution in [1.29, 1.82) is 0 Å². The van der Waals surface area contributed by atoms with Gasteiger partial charge in [0.05, 0.1) is 0 Å². The van der Waals surface area contributed by atoms with Crippen molar-refractivity contribution in [2.45, 2.75) is 20.0 Å². The summed E-state index contributed by atoms with van der Waals surface area (Å²) in [6.45, 7) is 0. The molecule has 0 aromatic carbocycles. The SMILES string of the molecule is O=C1OC(C(Cl)(Cl)Cl)OC1C(Cl)(Cl)Cl. The van der Waals surface area contributed by atoms with Crippen molar-refractivity contribution in [3.8, 4) is 0 Å². The van der Waals surface area contributed by atoms with E-state index in [-0.39, 0.29) is 0 Å². The van der Waals surface area contributed by atoms with E-state index in [0.717, 1.165) is 0 Å². The largest absolute Gasteiger partial charge is 0.429 e. The lowest BCUT2D eigenvalue weighted by Gasteiger charge is -2.18. The number of halogens is 6. The van der Waals surface area contributed by atoms with Crippen molar-refractivity contribution in [3.05, 3.63) is 0 Å². The maximum absolute atomic E-state index is 11.1. The summed E-state index contributed by atoms with van der Waals surface area (Å²) in [4.78, 5) is 11.1. The minimum absolute atomic E-state index is 0.888. The van der Waals surface area contributed by atoms with Gasteiger partial charge in [-0.05, 0) is 0 Å². The van der Waals surface area contributed by atoms with Gasteiger partial charge in [-0.25, -0.2) is 4.79 Å². The Labute approximate surface area is 109 Å². The molecular formula is C5H2Cl6O3. The fourth-order valence-corrected chi connectivity index (χ4v) is 1.44. The van der Waals surface area contributed by atoms with E-state index >= 15 is 0 Å². The van der Waals surface area contributed by atoms with Crippen LogP contribution in [0, 0.1) is 0 Å². The summed E-state index contributed by atoms with van der Waals surface area (Å²) in [5.41, 5.74) is 0. The number of hydrogen-bond acceptors (Lipinski definition) is 3. The molecule has 0 aliphatic carbocycles. The van der Waals surface area contributed by atoms with Gasteiger partial charge < -0.3 is 9.47 Å². The second-order valence-electron chi connectivity index (χ2n) is 2.37. The first kappa shape index (κ1) is 13.2. The molecule has 1 aliphatic rings. The molecule has 1 fully saturated rings. The van der Waals surface area contributed by atoms with Crippen LogP contribution in [0.1, 0.15) is 0 Å². The Hall–Kier alpha value is 1.17. The summed E-state index contributed by atoms with van der Waals surface area (Å²) in [6.07, 6.45) is -2.77. The maximum atomic E-state index is 11.1. The highest BCUT2D eigenvalue weighted by molar-refractivity contribution is 6.69. The lowest BCUT2D eigenvalue weighted by molar-refractivity contribution is -0.143. The molecule has 9 heteroatoms. The molecule has 82 valence electrons. The second kappa shape index (κ2) is 4.21. The van der Waals surface area contributed by atoms with Gasteiger partial charge >= 0.3 is 5.97 Å². The van der Waals surface area contributed by atoms with Crippen LogP contribution in [0.25, 0.3) is 0 Å². The number of carbonyl (C=O) groups excluding carboxylic acids is 1. The van der Waals surface area contributed by atoms with Crippen molar-refractivity contribution in [2.75, 3.05) is 0 Å². The molecule has 0 aromatic heterocycles. The molecule has 1 aliphatic heterocycles. The zero-order valence-electron chi connectivity index (χ0n) is 6.15. The Morgan fingerprint density at radius 3 is 1.71 bits per heavy atom. The van der Waals surface area contributed by atoms with Gasteiger partial charge in [-0.15, -0.1) is 0 Å². The van der Waals surface area contributed by atoms with Crippen LogP contribution in [0.4, 0.5) is 0 Å². The zero-order chi connectivity index (χ0) is 11.1. The minimum Gasteiger partial charge on any atom is -0.429 e. The summed E-state index contributed by atoms with van der Waals surface area (Å²) >= 11 is 32.5. The molecule has 0 bridgehead atoms. The predicted molar refractivity (Wildman–Crippen MR) is 55.3 cm³/mol. The molecular weight excluding hydrogens is 321 g/mol. The topological polar surface area (TPSA) is 35.5 Å². The fraction of sp³-hybridized carbons (Fsp3) is 0.800. The van der Waals surface area contributed by atoms with Crippen LogP contribution in [-0.2, 0) is 14.3 Å². The van der Waals surface area contributed by atoms with E-state index in [2.05, 4.69) is 4.74 Å². The van der Waals surface area contributed by atoms with Gasteiger partial charge in [0.15, 0.2) is 0 Å². The number of rotatable bonds is 0. The summed E-state index contributed by atoms with van der Waals surface area (Å²) in [5, 5.41) is 0. The summed E-state index contributed by atoms with van der Waals surface area (Å²) < 4.78 is 5.52. The smallest absolute Gasteiger partial charge is 0.342 e. The molecule has 0 N–H and O–H groups in total. The van der Waals surface area contributed by atoms with E-state index in [1.165, 1.54) is 0 Å². The first-order valence-electron chi connectivity index (χ1n) is 3.12. The molecule has 3 nitrogen and oxygen atoms in total. The molecule has 0 spiro atoms. The third-order valence-electron chi connectivity index (χ3n) is 1.26. The average molecular weight is 323 g/mol. The molecule has 0 aromatic rings. The van der Waals surface area contributed by atoms with Gasteiger partial charge in [0.25, 0.3) is 10.1 Å². The quantitative estimate of drug-likeness (QED) is 0.508. The third kappa shape index (κ3) is 3.08. The molecule has 2 atom stereocenters. The van der Waals surface area contributed by atoms with E-state index < -0.39 is 25.9 Å². The molecule has 1 heterocycles. The minimum atomic E-state index is -1.96. The number of cyclic esters (lactones) is 1. The van der Waals surface area contributed by atoms with Crippen LogP contribution < -0.4 is 0 Å². The van der Waals surface area contributed by atoms with Crippen LogP contribution in [0.3, 0.4) is 0 Å². The van der Waals surface area contributed by atoms with Crippen molar-refractivity contribution in [2.24, 2.45) is 0 Å². The number of esters is 1. The number of alkyl halides is 6. The van der Waals surface area contributed by atoms with E-state index in [4.69, 9.17) is 74.3 Å². The van der Waals surface area contributed by atoms with E-state index in [0.29, 0.717) is 0 Å². The van der Waals surface area contributed by atoms with Crippen LogP contribution in [0.15, 0.2) is 0 Å². The predicted octanol–water partition coefficient (Wildman–Crippen LogP) is 2.99. The standard InChI is InChI=1S/C5H2Cl6O3/c6-4(7,8)1-2(12)14-3(13-1)5(9,10)11/h1,3H. The Kier molecular flexibility index (Phi) is 3.98. The average Bonchev–Trinajstić information content (AvgIpc) is 2.27. The summed E-state index contributed by atoms with van der Waals surface area (Å²) in [6, 6.07) is 0. The van der Waals surface area contributed by atoms with Crippen molar-refractivity contribution < 1.29 is 14.3 Å². The number of hydrogen-bond donors (Lipinski definition) is 0. The van der Waals surface area contributed by atoms with E-state index in [1.807, 2.05) is 0 Å². The van der Waals surface area contributed by atoms with Gasteiger partial charge in [0.2, 0.25) is 9.90 Å². The Balaban J connectivity index is 2.75. The van der Waals surface area contributed by atoms with E-state index in [9.17, 15) is 4.79 Å². The van der Waals surface area contributed by atoms with Crippen LogP contribution >= 0.6 is 69.6 Å². The lowest BCUT2D eigenvalue weighted by Crippen LogP contribution is -2.33. The highest BCUT2D eigenvalue weighted by atomic mass is 35.6. The van der Waals surface area contributed by atoms with Gasteiger partial charge in [-0.2, -0.15) is 0 Å². The molecule has 1 saturated heterocycles. The molecule has 14 heavy (non-hydrogen) atoms. The number of carbonyl (C=O) groups is 1. The highest BCUT2D eigenvalue weighted by Crippen LogP contribution is 2.42. The molecule has 0 radical (unpaired) electrons. The van der Waals surface area contributed by atoms with Gasteiger partial charge in [-0.1, -0.05) is 69.6 Å². The zero-order valence-corrected chi connectivity index (χ0v) is 10.7. The normalized spacial score (nSPS) is 29.1. The maximum Gasteiger partial charge on any atom is 0.342 e. The second-order valence-corrected chi connectivity index (χ2v) is 7.11. The number of ether oxygens (including phenoxy) is 2. The summed E-state index contributed by atoms with van der Waals surface area (Å²) in [5.74, 6) is -0.888. The van der Waals surface area contributed by atoms with Gasteiger partial charge in [0, 0.05) is 0 Å². The van der Waals surface area contributed by atoms with Crippen LogP contribution in [-0.4, -0.2) is 25.9 Å². The monoisotopic (exact) mass is 320 g/mol. The summed E-state index contributed by atoms with van der Waals surface area (Å²) in [7, 11) is 0. The lowest BCUT2D eigenvalue weighted by atomic mass is 10.4. The molecule has 0 amide bonds. The highest BCUT2D eigenvalue weighted by Gasteiger charge is 2.53. The van der Waals surface area contributed by atoms with Gasteiger partial charge in [-0.3, -0.25) is 0 Å². The first-order chi connectivity index (χ1) is 6.12. The van der Waals surface area contributed by atoms with E-state index in [1.54, 1.807) is 0 Å². The Bertz CT molecular complexity index is 243. The van der Waals surface area contributed by atoms with Crippen LogP contribution in [0.2, 0.25) is 0 Å². The Morgan fingerprint density at radius 1 is 1.00 bits per heavy atom. The first-order valence-corrected chi connectivity index (χ1v) is 5.38. The van der Waals surface area contributed by atoms with Crippen molar-refractivity contribution in [1.82, 2.24) is 0 Å². The molecule has 1 rings (SSSR count). The Morgan fingerprint density at radius 2 is 1.50 bits per heavy atom. The molecule has 2 unspecified atom stereocenters. The van der Waals surface area contributed by atoms with Crippen molar-refractivity contribution in [3.63, 3.8) is 0 Å².